The molecule has 5 aliphatic rings. The highest BCUT2D eigenvalue weighted by Gasteiger charge is 2.51. The van der Waals surface area contributed by atoms with Gasteiger partial charge in [0, 0.05) is 30.3 Å². The van der Waals surface area contributed by atoms with Crippen LogP contribution in [0.1, 0.15) is 115 Å². The number of carbonyl (C=O) groups excluding carboxylic acids is 2. The van der Waals surface area contributed by atoms with Crippen molar-refractivity contribution in [3.05, 3.63) is 60.2 Å². The van der Waals surface area contributed by atoms with Crippen LogP contribution in [0, 0.1) is 11.3 Å². The molecule has 4 aliphatic carbocycles. The fourth-order valence-electron chi connectivity index (χ4n) is 8.61. The van der Waals surface area contributed by atoms with E-state index in [9.17, 15) is 14.7 Å². The summed E-state index contributed by atoms with van der Waals surface area (Å²) in [4.78, 5) is 40.2. The van der Waals surface area contributed by atoms with Crippen LogP contribution in [0.2, 0.25) is 0 Å². The summed E-state index contributed by atoms with van der Waals surface area (Å²) in [6, 6.07) is 9.59. The monoisotopic (exact) mass is 668 g/mol. The molecule has 2 bridgehead atoms. The number of aliphatic hydroxyl groups is 1. The number of benzene rings is 1. The van der Waals surface area contributed by atoms with Gasteiger partial charge in [-0.05, 0) is 106 Å². The zero-order chi connectivity index (χ0) is 34.3. The maximum Gasteiger partial charge on any atom is 0.410 e. The third-order valence-corrected chi connectivity index (χ3v) is 12.1. The van der Waals surface area contributed by atoms with Crippen molar-refractivity contribution < 1.29 is 19.4 Å². The molecule has 2 aromatic heterocycles. The normalized spacial score (nSPS) is 27.0. The Morgan fingerprint density at radius 1 is 0.939 bits per heavy atom. The number of hydrogen-bond acceptors (Lipinski definition) is 7. The highest BCUT2D eigenvalue weighted by Crippen LogP contribution is 2.58. The van der Waals surface area contributed by atoms with E-state index in [2.05, 4.69) is 62.0 Å². The SMILES string of the molecule is CC(C)c1ccc(C23CCC(CN(c4cncc(-c5cnn(C(C)C)c5)n4)C(=O)[C@H]4CC[C@H](OC(=O)N5CC(O)C5)CC4)(CC2)CC3)cc1. The van der Waals surface area contributed by atoms with E-state index in [1.54, 1.807) is 12.4 Å². The average molecular weight is 669 g/mol. The summed E-state index contributed by atoms with van der Waals surface area (Å²) in [5.74, 6) is 1.06. The molecule has 5 fully saturated rings. The van der Waals surface area contributed by atoms with Gasteiger partial charge in [0.1, 0.15) is 6.10 Å². The second kappa shape index (κ2) is 13.5. The van der Waals surface area contributed by atoms with Gasteiger partial charge in [-0.25, -0.2) is 9.78 Å². The van der Waals surface area contributed by atoms with Crippen LogP contribution in [0.4, 0.5) is 10.6 Å². The molecule has 1 saturated heterocycles. The van der Waals surface area contributed by atoms with Crippen LogP contribution in [0.15, 0.2) is 49.1 Å². The molecule has 49 heavy (non-hydrogen) atoms. The summed E-state index contributed by atoms with van der Waals surface area (Å²) in [6.07, 6.45) is 15.6. The van der Waals surface area contributed by atoms with E-state index in [0.717, 1.165) is 44.1 Å². The largest absolute Gasteiger partial charge is 0.446 e. The van der Waals surface area contributed by atoms with Crippen LogP contribution in [0.25, 0.3) is 11.3 Å². The molecule has 8 rings (SSSR count). The number of carbonyl (C=O) groups is 2. The first-order valence-electron chi connectivity index (χ1n) is 18.5. The Morgan fingerprint density at radius 3 is 2.20 bits per heavy atom. The van der Waals surface area contributed by atoms with Gasteiger partial charge < -0.3 is 14.7 Å². The number of ether oxygens (including phenoxy) is 1. The third kappa shape index (κ3) is 6.85. The highest BCUT2D eigenvalue weighted by molar-refractivity contribution is 5.94. The molecule has 10 nitrogen and oxygen atoms in total. The molecular formula is C39H52N6O4. The molecule has 3 heterocycles. The predicted octanol–water partition coefficient (Wildman–Crippen LogP) is 7.04. The summed E-state index contributed by atoms with van der Waals surface area (Å²) in [7, 11) is 0. The minimum Gasteiger partial charge on any atom is -0.446 e. The van der Waals surface area contributed by atoms with E-state index in [1.807, 2.05) is 22.0 Å². The van der Waals surface area contributed by atoms with E-state index >= 15 is 0 Å². The molecular weight excluding hydrogens is 616 g/mol. The zero-order valence-corrected chi connectivity index (χ0v) is 29.6. The molecule has 0 atom stereocenters. The maximum atomic E-state index is 14.6. The lowest BCUT2D eigenvalue weighted by atomic mass is 9.51. The molecule has 262 valence electrons. The molecule has 1 N–H and O–H groups in total. The van der Waals surface area contributed by atoms with Crippen molar-refractivity contribution >= 4 is 17.8 Å². The average Bonchev–Trinajstić information content (AvgIpc) is 3.62. The van der Waals surface area contributed by atoms with Gasteiger partial charge in [-0.3, -0.25) is 19.4 Å². The standard InChI is InChI=1S/C39H52N6O4/c1-26(2)28-5-9-31(10-6-28)39-16-13-38(14-17-39,15-18-39)25-44(35-21-40-20-34(42-35)30-19-41-45(22-30)27(3)4)36(47)29-7-11-33(12-8-29)49-37(48)43-23-32(46)24-43/h5-6,9-10,19-22,26-27,29,32-33,46H,7-8,11-18,23-25H2,1-4H3/t29-,33-,38?,39?. The Morgan fingerprint density at radius 2 is 1.61 bits per heavy atom. The number of aromatic nitrogens is 4. The molecule has 1 aromatic carbocycles. The Labute approximate surface area is 290 Å². The first kappa shape index (κ1) is 33.7. The van der Waals surface area contributed by atoms with E-state index in [-0.39, 0.29) is 40.9 Å². The fourth-order valence-corrected chi connectivity index (χ4v) is 8.61. The molecule has 0 spiro atoms. The molecule has 1 aliphatic heterocycles. The minimum atomic E-state index is -0.458. The number of nitrogens with zero attached hydrogens (tertiary/aromatic N) is 6. The van der Waals surface area contributed by atoms with Crippen molar-refractivity contribution in [3.63, 3.8) is 0 Å². The second-order valence-electron chi connectivity index (χ2n) is 16.0. The maximum absolute atomic E-state index is 14.6. The Balaban J connectivity index is 1.09. The van der Waals surface area contributed by atoms with Crippen molar-refractivity contribution in [3.8, 4) is 11.3 Å². The van der Waals surface area contributed by atoms with Crippen LogP contribution < -0.4 is 4.90 Å². The van der Waals surface area contributed by atoms with Gasteiger partial charge in [0.2, 0.25) is 5.91 Å². The zero-order valence-electron chi connectivity index (χ0n) is 29.6. The summed E-state index contributed by atoms with van der Waals surface area (Å²) in [5.41, 5.74) is 4.73. The first-order valence-corrected chi connectivity index (χ1v) is 18.5. The summed E-state index contributed by atoms with van der Waals surface area (Å²) in [5, 5.41) is 14.1. The highest BCUT2D eigenvalue weighted by atomic mass is 16.6. The number of likely N-dealkylation sites (tertiary alicyclic amines) is 1. The lowest BCUT2D eigenvalue weighted by molar-refractivity contribution is -0.124. The molecule has 3 aromatic rings. The number of hydrogen-bond donors (Lipinski definition) is 1. The number of aliphatic hydroxyl groups excluding tert-OH is 1. The van der Waals surface area contributed by atoms with Crippen LogP contribution in [-0.4, -0.2) is 73.6 Å². The predicted molar refractivity (Wildman–Crippen MR) is 188 cm³/mol. The van der Waals surface area contributed by atoms with Crippen LogP contribution >= 0.6 is 0 Å². The molecule has 2 amide bonds. The topological polar surface area (TPSA) is 114 Å². The Hall–Kier alpha value is -3.79. The number of rotatable bonds is 9. The molecule has 0 unspecified atom stereocenters. The van der Waals surface area contributed by atoms with Gasteiger partial charge in [0.15, 0.2) is 5.82 Å². The molecule has 10 heteroatoms. The fraction of sp³-hybridized carbons (Fsp3) is 0.615. The van der Waals surface area contributed by atoms with Crippen LogP contribution in [0.5, 0.6) is 0 Å². The Kier molecular flexibility index (Phi) is 9.28. The number of anilines is 1. The summed E-state index contributed by atoms with van der Waals surface area (Å²) in [6.45, 7) is 9.97. The van der Waals surface area contributed by atoms with Gasteiger partial charge in [0.25, 0.3) is 0 Å². The summed E-state index contributed by atoms with van der Waals surface area (Å²) < 4.78 is 7.66. The quantitative estimate of drug-likeness (QED) is 0.260. The van der Waals surface area contributed by atoms with Gasteiger partial charge in [-0.15, -0.1) is 0 Å². The van der Waals surface area contributed by atoms with E-state index in [0.29, 0.717) is 62.7 Å². The van der Waals surface area contributed by atoms with E-state index in [4.69, 9.17) is 9.72 Å². The Bertz CT molecular complexity index is 1610. The third-order valence-electron chi connectivity index (χ3n) is 12.1. The van der Waals surface area contributed by atoms with Crippen molar-refractivity contribution in [1.82, 2.24) is 24.6 Å². The first-order chi connectivity index (χ1) is 23.5. The van der Waals surface area contributed by atoms with E-state index in [1.165, 1.54) is 16.0 Å². The van der Waals surface area contributed by atoms with Crippen molar-refractivity contribution in [2.75, 3.05) is 24.5 Å². The smallest absolute Gasteiger partial charge is 0.410 e. The lowest BCUT2D eigenvalue weighted by Gasteiger charge is -2.55. The summed E-state index contributed by atoms with van der Waals surface area (Å²) >= 11 is 0. The van der Waals surface area contributed by atoms with E-state index < -0.39 is 6.10 Å². The van der Waals surface area contributed by atoms with Crippen molar-refractivity contribution in [2.45, 2.75) is 121 Å². The van der Waals surface area contributed by atoms with Gasteiger partial charge in [-0.1, -0.05) is 38.1 Å². The van der Waals surface area contributed by atoms with Crippen molar-refractivity contribution in [1.29, 1.82) is 0 Å². The minimum absolute atomic E-state index is 0.0456. The van der Waals surface area contributed by atoms with Crippen LogP contribution in [-0.2, 0) is 14.9 Å². The van der Waals surface area contributed by atoms with Crippen molar-refractivity contribution in [2.24, 2.45) is 11.3 Å². The molecule has 4 saturated carbocycles. The second-order valence-corrected chi connectivity index (χ2v) is 16.0. The van der Waals surface area contributed by atoms with Gasteiger partial charge in [0.05, 0.1) is 43.5 Å². The number of amides is 2. The molecule has 0 radical (unpaired) electrons. The van der Waals surface area contributed by atoms with Crippen LogP contribution in [0.3, 0.4) is 0 Å². The number of fused-ring (bicyclic) bond motifs is 3. The lowest BCUT2D eigenvalue weighted by Crippen LogP contribution is -2.54. The number of β-amino-alcohol motifs (C(OH)–C–C–N with tert-alkyl or cyclic N) is 1. The van der Waals surface area contributed by atoms with Gasteiger partial charge >= 0.3 is 6.09 Å². The van der Waals surface area contributed by atoms with Gasteiger partial charge in [-0.2, -0.15) is 5.10 Å².